The zero-order valence-corrected chi connectivity index (χ0v) is 7.37. The standard InChI is InChI=1S/C8H7BrF2.Mg.2H/c9-4-3-6-1-2-7(10)5-8(6)11;;;/h1-2,5H,3-4H2;;;. The zero-order valence-electron chi connectivity index (χ0n) is 5.78. The van der Waals surface area contributed by atoms with Gasteiger partial charge in [-0.2, -0.15) is 0 Å². The van der Waals surface area contributed by atoms with Crippen molar-refractivity contribution in [2.45, 2.75) is 6.42 Å². The summed E-state index contributed by atoms with van der Waals surface area (Å²) in [7, 11) is 0. The Kier molecular flexibility index (Phi) is 6.04. The largest absolute Gasteiger partial charge is 0.316 e. The van der Waals surface area contributed by atoms with Gasteiger partial charge in [0.05, 0.1) is 0 Å². The molecule has 1 aromatic carbocycles. The molecule has 0 radical (unpaired) electrons. The zero-order chi connectivity index (χ0) is 8.27. The number of aryl methyl sites for hydroxylation is 1. The van der Waals surface area contributed by atoms with Crippen molar-refractivity contribution in [1.82, 2.24) is 0 Å². The third kappa shape index (κ3) is 3.37. The molecule has 1 rings (SSSR count). The van der Waals surface area contributed by atoms with Crippen LogP contribution in [0.2, 0.25) is 0 Å². The Morgan fingerprint density at radius 1 is 1.25 bits per heavy atom. The normalized spacial score (nSPS) is 9.25. The highest BCUT2D eigenvalue weighted by molar-refractivity contribution is 9.09. The van der Waals surface area contributed by atoms with E-state index < -0.39 is 11.6 Å². The molecule has 0 aliphatic heterocycles. The van der Waals surface area contributed by atoms with Crippen molar-refractivity contribution in [3.05, 3.63) is 35.4 Å². The molecule has 64 valence electrons. The Balaban J connectivity index is 0.00000121. The van der Waals surface area contributed by atoms with Crippen molar-refractivity contribution in [3.8, 4) is 0 Å². The lowest BCUT2D eigenvalue weighted by Gasteiger charge is -1.98. The molecule has 0 amide bonds. The van der Waals surface area contributed by atoms with Crippen LogP contribution in [-0.2, 0) is 6.42 Å². The quantitative estimate of drug-likeness (QED) is 0.554. The minimum atomic E-state index is -0.527. The molecule has 0 spiro atoms. The monoisotopic (exact) mass is 246 g/mol. The van der Waals surface area contributed by atoms with Gasteiger partial charge in [-0.1, -0.05) is 22.0 Å². The SMILES string of the molecule is Fc1ccc(CCBr)c(F)c1.[MgH2]. The fourth-order valence-corrected chi connectivity index (χ4v) is 1.25. The van der Waals surface area contributed by atoms with E-state index >= 15 is 0 Å². The number of hydrogen-bond acceptors (Lipinski definition) is 0. The summed E-state index contributed by atoms with van der Waals surface area (Å²) in [6, 6.07) is 3.63. The first-order valence-corrected chi connectivity index (χ1v) is 4.36. The van der Waals surface area contributed by atoms with E-state index in [-0.39, 0.29) is 23.1 Å². The van der Waals surface area contributed by atoms with E-state index in [0.717, 1.165) is 6.07 Å². The molecule has 1 aromatic rings. The van der Waals surface area contributed by atoms with Gasteiger partial charge in [0.15, 0.2) is 0 Å². The fourth-order valence-electron chi connectivity index (χ4n) is 0.826. The van der Waals surface area contributed by atoms with E-state index in [2.05, 4.69) is 15.9 Å². The second-order valence-electron chi connectivity index (χ2n) is 2.17. The van der Waals surface area contributed by atoms with Crippen molar-refractivity contribution in [2.75, 3.05) is 5.33 Å². The van der Waals surface area contributed by atoms with Crippen molar-refractivity contribution < 1.29 is 8.78 Å². The molecule has 0 unspecified atom stereocenters. The topological polar surface area (TPSA) is 0 Å². The summed E-state index contributed by atoms with van der Waals surface area (Å²) >= 11 is 3.18. The molecule has 0 atom stereocenters. The van der Waals surface area contributed by atoms with E-state index in [1.54, 1.807) is 0 Å². The molecule has 0 fully saturated rings. The lowest BCUT2D eigenvalue weighted by atomic mass is 10.1. The Morgan fingerprint density at radius 2 is 1.92 bits per heavy atom. The van der Waals surface area contributed by atoms with Crippen molar-refractivity contribution in [2.24, 2.45) is 0 Å². The summed E-state index contributed by atoms with van der Waals surface area (Å²) in [5.41, 5.74) is 0.545. The summed E-state index contributed by atoms with van der Waals surface area (Å²) in [5.74, 6) is -0.995. The van der Waals surface area contributed by atoms with Crippen LogP contribution in [0.15, 0.2) is 18.2 Å². The molecule has 0 saturated carbocycles. The van der Waals surface area contributed by atoms with Gasteiger partial charge in [0.2, 0.25) is 0 Å². The Morgan fingerprint density at radius 3 is 2.42 bits per heavy atom. The van der Waals surface area contributed by atoms with Gasteiger partial charge >= 0.3 is 23.1 Å². The minimum absolute atomic E-state index is 0. The van der Waals surface area contributed by atoms with Gasteiger partial charge < -0.3 is 0 Å². The van der Waals surface area contributed by atoms with Crippen molar-refractivity contribution >= 4 is 39.0 Å². The summed E-state index contributed by atoms with van der Waals surface area (Å²) in [6.45, 7) is 0. The van der Waals surface area contributed by atoms with E-state index in [0.29, 0.717) is 17.3 Å². The van der Waals surface area contributed by atoms with Gasteiger partial charge in [0, 0.05) is 11.4 Å². The molecule has 0 N–H and O–H groups in total. The first-order chi connectivity index (χ1) is 5.24. The van der Waals surface area contributed by atoms with Gasteiger partial charge in [-0.3, -0.25) is 0 Å². The van der Waals surface area contributed by atoms with Crippen LogP contribution in [0.4, 0.5) is 8.78 Å². The van der Waals surface area contributed by atoms with Crippen LogP contribution in [0.25, 0.3) is 0 Å². The first-order valence-electron chi connectivity index (χ1n) is 3.24. The Bertz CT molecular complexity index is 253. The summed E-state index contributed by atoms with van der Waals surface area (Å²) in [5, 5.41) is 0.690. The highest BCUT2D eigenvalue weighted by Crippen LogP contribution is 2.10. The maximum absolute atomic E-state index is 12.8. The smallest absolute Gasteiger partial charge is 0.207 e. The summed E-state index contributed by atoms with van der Waals surface area (Å²) in [6.07, 6.45) is 0.589. The number of benzene rings is 1. The molecular formula is C8H9BrF2Mg. The van der Waals surface area contributed by atoms with Crippen LogP contribution in [0.1, 0.15) is 5.56 Å². The molecule has 0 saturated heterocycles. The van der Waals surface area contributed by atoms with Gasteiger partial charge in [-0.25, -0.2) is 8.78 Å². The predicted molar refractivity (Wildman–Crippen MR) is 52.4 cm³/mol. The maximum atomic E-state index is 12.8. The molecule has 0 heterocycles. The molecular weight excluding hydrogens is 238 g/mol. The minimum Gasteiger partial charge on any atom is -0.207 e. The van der Waals surface area contributed by atoms with Crippen LogP contribution in [-0.4, -0.2) is 28.4 Å². The van der Waals surface area contributed by atoms with Crippen LogP contribution in [0.5, 0.6) is 0 Å². The van der Waals surface area contributed by atoms with Crippen LogP contribution in [0.3, 0.4) is 0 Å². The second kappa shape index (κ2) is 5.88. The summed E-state index contributed by atoms with van der Waals surface area (Å²) in [4.78, 5) is 0. The lowest BCUT2D eigenvalue weighted by Crippen LogP contribution is -1.91. The molecule has 0 aliphatic carbocycles. The average molecular weight is 247 g/mol. The number of alkyl halides is 1. The predicted octanol–water partition coefficient (Wildman–Crippen LogP) is 1.99. The molecule has 0 bridgehead atoms. The molecule has 0 aromatic heterocycles. The lowest BCUT2D eigenvalue weighted by molar-refractivity contribution is 0.574. The fraction of sp³-hybridized carbons (Fsp3) is 0.250. The highest BCUT2D eigenvalue weighted by atomic mass is 79.9. The van der Waals surface area contributed by atoms with Crippen molar-refractivity contribution in [3.63, 3.8) is 0 Å². The van der Waals surface area contributed by atoms with E-state index in [1.165, 1.54) is 12.1 Å². The number of hydrogen-bond donors (Lipinski definition) is 0. The van der Waals surface area contributed by atoms with Crippen molar-refractivity contribution in [1.29, 1.82) is 0 Å². The molecule has 0 nitrogen and oxygen atoms in total. The van der Waals surface area contributed by atoms with E-state index in [1.807, 2.05) is 0 Å². The Hall–Kier alpha value is 0.326. The molecule has 4 heteroatoms. The summed E-state index contributed by atoms with van der Waals surface area (Å²) < 4.78 is 25.1. The maximum Gasteiger partial charge on any atom is 0.316 e. The van der Waals surface area contributed by atoms with Gasteiger partial charge in [-0.15, -0.1) is 0 Å². The van der Waals surface area contributed by atoms with E-state index in [9.17, 15) is 8.78 Å². The van der Waals surface area contributed by atoms with Crippen LogP contribution in [0, 0.1) is 11.6 Å². The highest BCUT2D eigenvalue weighted by Gasteiger charge is 2.01. The van der Waals surface area contributed by atoms with Gasteiger partial charge in [-0.05, 0) is 18.1 Å². The third-order valence-corrected chi connectivity index (χ3v) is 1.78. The number of rotatable bonds is 2. The Labute approximate surface area is 94.6 Å². The molecule has 12 heavy (non-hydrogen) atoms. The van der Waals surface area contributed by atoms with Crippen LogP contribution < -0.4 is 0 Å². The second-order valence-corrected chi connectivity index (χ2v) is 2.97. The average Bonchev–Trinajstić information content (AvgIpc) is 1.95. The van der Waals surface area contributed by atoms with Crippen LogP contribution >= 0.6 is 15.9 Å². The third-order valence-electron chi connectivity index (χ3n) is 1.38. The van der Waals surface area contributed by atoms with E-state index in [4.69, 9.17) is 0 Å². The number of halogens is 3. The van der Waals surface area contributed by atoms with Gasteiger partial charge in [0.1, 0.15) is 11.6 Å². The van der Waals surface area contributed by atoms with Gasteiger partial charge in [0.25, 0.3) is 0 Å². The molecule has 0 aliphatic rings. The first kappa shape index (κ1) is 12.3.